The van der Waals surface area contributed by atoms with Gasteiger partial charge >= 0.3 is 149 Å². The molecular weight excluding hydrogens is 375 g/mol. The van der Waals surface area contributed by atoms with Crippen LogP contribution in [-0.4, -0.2) is 62.6 Å². The molecule has 0 radical (unpaired) electrons. The first-order valence-corrected chi connectivity index (χ1v) is 10.2. The fraction of sp³-hybridized carbons (Fsp3) is 0.667. The Balaban J connectivity index is 1.59. The number of fused-ring (bicyclic) bond motifs is 3. The third-order valence-electron chi connectivity index (χ3n) is 4.44. The second kappa shape index (κ2) is 6.06. The predicted octanol–water partition coefficient (Wildman–Crippen LogP) is 1.41. The molecular formula is C18H24O5Se. The van der Waals surface area contributed by atoms with Gasteiger partial charge in [-0.3, -0.25) is 0 Å². The minimum absolute atomic E-state index is 0.0127. The summed E-state index contributed by atoms with van der Waals surface area (Å²) in [6.45, 7) is 8.29. The van der Waals surface area contributed by atoms with Crippen LogP contribution in [0, 0.1) is 0 Å². The zero-order chi connectivity index (χ0) is 16.9. The van der Waals surface area contributed by atoms with Crippen molar-refractivity contribution < 1.29 is 23.7 Å². The molecule has 0 aromatic heterocycles. The first-order valence-electron chi connectivity index (χ1n) is 8.38. The predicted molar refractivity (Wildman–Crippen MR) is 89.2 cm³/mol. The van der Waals surface area contributed by atoms with Crippen LogP contribution in [0.2, 0.25) is 0 Å². The van der Waals surface area contributed by atoms with Gasteiger partial charge < -0.3 is 0 Å². The molecule has 0 spiro atoms. The van der Waals surface area contributed by atoms with Gasteiger partial charge in [-0.1, -0.05) is 0 Å². The molecule has 3 aliphatic heterocycles. The normalized spacial score (nSPS) is 39.9. The molecule has 5 nitrogen and oxygen atoms in total. The van der Waals surface area contributed by atoms with Crippen molar-refractivity contribution in [3.63, 3.8) is 0 Å². The van der Waals surface area contributed by atoms with E-state index in [1.54, 1.807) is 0 Å². The van der Waals surface area contributed by atoms with E-state index in [0.29, 0.717) is 6.61 Å². The number of ether oxygens (including phenoxy) is 5. The van der Waals surface area contributed by atoms with E-state index in [-0.39, 0.29) is 44.4 Å². The first-order chi connectivity index (χ1) is 11.3. The van der Waals surface area contributed by atoms with Gasteiger partial charge in [0.25, 0.3) is 0 Å². The molecule has 5 atom stereocenters. The summed E-state index contributed by atoms with van der Waals surface area (Å²) in [4.78, 5) is 0. The maximum absolute atomic E-state index is 6.37. The van der Waals surface area contributed by atoms with Crippen LogP contribution in [0.4, 0.5) is 0 Å². The summed E-state index contributed by atoms with van der Waals surface area (Å²) in [5, 5.41) is -0.0127. The number of hydrogen-bond acceptors (Lipinski definition) is 5. The van der Waals surface area contributed by atoms with Gasteiger partial charge in [-0.2, -0.15) is 0 Å². The quantitative estimate of drug-likeness (QED) is 0.704. The van der Waals surface area contributed by atoms with Crippen molar-refractivity contribution >= 4 is 19.4 Å². The zero-order valence-electron chi connectivity index (χ0n) is 14.4. The van der Waals surface area contributed by atoms with Crippen molar-refractivity contribution in [2.75, 3.05) is 6.61 Å². The number of benzene rings is 1. The number of rotatable bonds is 2. The summed E-state index contributed by atoms with van der Waals surface area (Å²) in [7, 11) is 0. The fourth-order valence-corrected chi connectivity index (χ4v) is 5.83. The van der Waals surface area contributed by atoms with Gasteiger partial charge in [0.15, 0.2) is 0 Å². The Labute approximate surface area is 149 Å². The standard InChI is InChI=1S/C18H24O5Se/c1-17(2)19-10-12-13(21-17)14-15(23-18(3,4)22-14)16(20-12)24-11-8-6-5-7-9-11/h5-9,12-16H,10H2,1-4H3/t12-,13-,14+,15+,16-/m1/s1. The average Bonchev–Trinajstić information content (AvgIpc) is 2.85. The van der Waals surface area contributed by atoms with Crippen LogP contribution < -0.4 is 4.46 Å². The van der Waals surface area contributed by atoms with Gasteiger partial charge in [0, 0.05) is 0 Å². The summed E-state index contributed by atoms with van der Waals surface area (Å²) < 4.78 is 32.0. The topological polar surface area (TPSA) is 46.2 Å². The van der Waals surface area contributed by atoms with Crippen molar-refractivity contribution in [2.45, 2.75) is 68.7 Å². The Bertz CT molecular complexity index is 590. The minimum atomic E-state index is -0.622. The first kappa shape index (κ1) is 17.0. The van der Waals surface area contributed by atoms with E-state index in [1.807, 2.05) is 33.8 Å². The van der Waals surface area contributed by atoms with E-state index in [4.69, 9.17) is 23.7 Å². The molecule has 0 saturated carbocycles. The van der Waals surface area contributed by atoms with Crippen LogP contribution in [-0.2, 0) is 23.7 Å². The molecule has 4 rings (SSSR count). The molecule has 3 heterocycles. The SMILES string of the molecule is CC1(C)O[C@@H]2[C@H](O1)[C@@H]([Se]c1ccccc1)O[C@@H]1COC(C)(C)O[C@@H]21. The maximum atomic E-state index is 6.37. The molecule has 0 aliphatic carbocycles. The molecule has 1 aromatic carbocycles. The molecule has 0 N–H and O–H groups in total. The van der Waals surface area contributed by atoms with Crippen LogP contribution in [0.3, 0.4) is 0 Å². The summed E-state index contributed by atoms with van der Waals surface area (Å²) in [5.74, 6) is -1.24. The van der Waals surface area contributed by atoms with Gasteiger partial charge in [-0.15, -0.1) is 0 Å². The molecule has 0 amide bonds. The van der Waals surface area contributed by atoms with E-state index in [0.717, 1.165) is 0 Å². The van der Waals surface area contributed by atoms with Crippen molar-refractivity contribution in [3.05, 3.63) is 30.3 Å². The Morgan fingerprint density at radius 3 is 2.29 bits per heavy atom. The molecule has 1 aromatic rings. The van der Waals surface area contributed by atoms with Crippen LogP contribution in [0.15, 0.2) is 30.3 Å². The Morgan fingerprint density at radius 1 is 0.875 bits per heavy atom. The second-order valence-corrected chi connectivity index (χ2v) is 9.79. The Kier molecular flexibility index (Phi) is 4.29. The monoisotopic (exact) mass is 400 g/mol. The fourth-order valence-electron chi connectivity index (χ4n) is 3.47. The van der Waals surface area contributed by atoms with E-state index >= 15 is 0 Å². The van der Waals surface area contributed by atoms with Crippen LogP contribution >= 0.6 is 0 Å². The molecule has 132 valence electrons. The van der Waals surface area contributed by atoms with Crippen molar-refractivity contribution in [1.29, 1.82) is 0 Å². The summed E-state index contributed by atoms with van der Waals surface area (Å²) >= 11 is 0.131. The average molecular weight is 399 g/mol. The third-order valence-corrected chi connectivity index (χ3v) is 6.87. The molecule has 3 fully saturated rings. The van der Waals surface area contributed by atoms with Gasteiger partial charge in [-0.25, -0.2) is 0 Å². The van der Waals surface area contributed by atoms with Crippen molar-refractivity contribution in [3.8, 4) is 0 Å². The van der Waals surface area contributed by atoms with E-state index in [1.165, 1.54) is 4.46 Å². The van der Waals surface area contributed by atoms with Crippen molar-refractivity contribution in [2.24, 2.45) is 0 Å². The molecule has 3 saturated heterocycles. The van der Waals surface area contributed by atoms with Gasteiger partial charge in [0.05, 0.1) is 0 Å². The number of hydrogen-bond donors (Lipinski definition) is 0. The molecule has 24 heavy (non-hydrogen) atoms. The molecule has 0 unspecified atom stereocenters. The zero-order valence-corrected chi connectivity index (χ0v) is 16.1. The van der Waals surface area contributed by atoms with Gasteiger partial charge in [-0.05, 0) is 0 Å². The van der Waals surface area contributed by atoms with Gasteiger partial charge in [0.1, 0.15) is 0 Å². The van der Waals surface area contributed by atoms with Gasteiger partial charge in [0.2, 0.25) is 0 Å². The second-order valence-electron chi connectivity index (χ2n) is 7.33. The molecule has 3 aliphatic rings. The third kappa shape index (κ3) is 3.29. The van der Waals surface area contributed by atoms with E-state index < -0.39 is 11.6 Å². The summed E-state index contributed by atoms with van der Waals surface area (Å²) in [5.41, 5.74) is 0. The van der Waals surface area contributed by atoms with Crippen molar-refractivity contribution in [1.82, 2.24) is 0 Å². The summed E-state index contributed by atoms with van der Waals surface area (Å²) in [6.07, 6.45) is -0.524. The Hall–Kier alpha value is -0.461. The molecule has 6 heteroatoms. The van der Waals surface area contributed by atoms with Crippen LogP contribution in [0.25, 0.3) is 0 Å². The Morgan fingerprint density at radius 2 is 1.54 bits per heavy atom. The van der Waals surface area contributed by atoms with E-state index in [2.05, 4.69) is 24.3 Å². The van der Waals surface area contributed by atoms with Crippen LogP contribution in [0.1, 0.15) is 27.7 Å². The van der Waals surface area contributed by atoms with E-state index in [9.17, 15) is 0 Å². The summed E-state index contributed by atoms with van der Waals surface area (Å²) in [6, 6.07) is 10.4. The van der Waals surface area contributed by atoms with Crippen LogP contribution in [0.5, 0.6) is 0 Å². The molecule has 0 bridgehead atoms.